The lowest BCUT2D eigenvalue weighted by Gasteiger charge is -2.14. The summed E-state index contributed by atoms with van der Waals surface area (Å²) >= 11 is 3.40. The smallest absolute Gasteiger partial charge is 0.311 e. The van der Waals surface area contributed by atoms with Crippen molar-refractivity contribution in [1.82, 2.24) is 0 Å². The van der Waals surface area contributed by atoms with E-state index in [9.17, 15) is 10.1 Å². The minimum Gasteiger partial charge on any atom is -0.486 e. The van der Waals surface area contributed by atoms with Crippen molar-refractivity contribution in [2.75, 3.05) is 11.9 Å². The van der Waals surface area contributed by atoms with E-state index in [0.29, 0.717) is 18.3 Å². The number of nitrogens with zero attached hydrogens (tertiary/aromatic N) is 1. The lowest BCUT2D eigenvalue weighted by molar-refractivity contribution is -0.386. The van der Waals surface area contributed by atoms with E-state index in [1.54, 1.807) is 6.07 Å². The predicted octanol–water partition coefficient (Wildman–Crippen LogP) is 3.70. The van der Waals surface area contributed by atoms with Gasteiger partial charge in [0.25, 0.3) is 0 Å². The van der Waals surface area contributed by atoms with Crippen LogP contribution in [0.1, 0.15) is 18.9 Å². The molecule has 1 aromatic rings. The quantitative estimate of drug-likeness (QED) is 0.457. The highest BCUT2D eigenvalue weighted by atomic mass is 79.9. The largest absolute Gasteiger partial charge is 0.486 e. The Balaban J connectivity index is 2.85. The Labute approximate surface area is 109 Å². The topological polar surface area (TPSA) is 52.4 Å². The van der Waals surface area contributed by atoms with Crippen LogP contribution in [0.25, 0.3) is 0 Å². The first-order valence-electron chi connectivity index (χ1n) is 5.52. The molecule has 0 aliphatic rings. The van der Waals surface area contributed by atoms with Crippen molar-refractivity contribution in [1.29, 1.82) is 0 Å². The molecule has 0 aliphatic heterocycles. The van der Waals surface area contributed by atoms with Crippen molar-refractivity contribution in [2.24, 2.45) is 5.92 Å². The summed E-state index contributed by atoms with van der Waals surface area (Å²) in [6, 6.07) is 4.96. The van der Waals surface area contributed by atoms with Crippen LogP contribution in [0.3, 0.4) is 0 Å². The molecule has 0 aliphatic carbocycles. The van der Waals surface area contributed by atoms with Crippen molar-refractivity contribution in [3.8, 4) is 5.75 Å². The van der Waals surface area contributed by atoms with Gasteiger partial charge in [0.1, 0.15) is 0 Å². The lowest BCUT2D eigenvalue weighted by atomic mass is 10.1. The Bertz CT molecular complexity index is 391. The van der Waals surface area contributed by atoms with Gasteiger partial charge in [-0.2, -0.15) is 0 Å². The van der Waals surface area contributed by atoms with E-state index >= 15 is 0 Å². The second-order valence-corrected chi connectivity index (χ2v) is 4.57. The van der Waals surface area contributed by atoms with Gasteiger partial charge in [0.15, 0.2) is 5.75 Å². The van der Waals surface area contributed by atoms with Gasteiger partial charge in [0, 0.05) is 17.3 Å². The first-order chi connectivity index (χ1) is 8.10. The molecule has 1 aromatic carbocycles. The molecule has 94 valence electrons. The number of nitro groups is 1. The Morgan fingerprint density at radius 1 is 1.53 bits per heavy atom. The number of hydrogen-bond acceptors (Lipinski definition) is 3. The second kappa shape index (κ2) is 6.59. The Hall–Kier alpha value is -1.10. The number of halogens is 1. The highest BCUT2D eigenvalue weighted by Crippen LogP contribution is 2.30. The maximum absolute atomic E-state index is 10.9. The second-order valence-electron chi connectivity index (χ2n) is 3.92. The molecule has 0 radical (unpaired) electrons. The molecule has 17 heavy (non-hydrogen) atoms. The summed E-state index contributed by atoms with van der Waals surface area (Å²) in [4.78, 5) is 10.5. The molecule has 0 saturated carbocycles. The van der Waals surface area contributed by atoms with E-state index in [2.05, 4.69) is 22.9 Å². The molecular weight excluding hydrogens is 286 g/mol. The lowest BCUT2D eigenvalue weighted by Crippen LogP contribution is -2.13. The Kier molecular flexibility index (Phi) is 5.41. The number of alkyl halides is 1. The summed E-state index contributed by atoms with van der Waals surface area (Å²) in [6.45, 7) is 4.38. The highest BCUT2D eigenvalue weighted by Gasteiger charge is 2.18. The maximum atomic E-state index is 10.9. The minimum atomic E-state index is -0.405. The van der Waals surface area contributed by atoms with Crippen LogP contribution in [0, 0.1) is 23.0 Å². The van der Waals surface area contributed by atoms with Crippen molar-refractivity contribution >= 4 is 21.6 Å². The van der Waals surface area contributed by atoms with E-state index in [4.69, 9.17) is 4.74 Å². The van der Waals surface area contributed by atoms with Crippen molar-refractivity contribution in [3.63, 3.8) is 0 Å². The van der Waals surface area contributed by atoms with Crippen LogP contribution < -0.4 is 4.74 Å². The molecule has 0 aromatic heterocycles. The molecule has 0 saturated heterocycles. The zero-order valence-corrected chi connectivity index (χ0v) is 11.6. The first-order valence-corrected chi connectivity index (χ1v) is 6.65. The Morgan fingerprint density at radius 3 is 2.76 bits per heavy atom. The summed E-state index contributed by atoms with van der Waals surface area (Å²) in [5.74, 6) is 0.756. The van der Waals surface area contributed by atoms with Gasteiger partial charge in [-0.1, -0.05) is 35.0 Å². The monoisotopic (exact) mass is 301 g/mol. The Morgan fingerprint density at radius 2 is 2.24 bits per heavy atom. The third-order valence-electron chi connectivity index (χ3n) is 2.65. The van der Waals surface area contributed by atoms with Crippen LogP contribution in [0.5, 0.6) is 5.75 Å². The van der Waals surface area contributed by atoms with E-state index < -0.39 is 4.92 Å². The number of ether oxygens (including phenoxy) is 1. The number of rotatable bonds is 6. The molecule has 0 spiro atoms. The average molecular weight is 302 g/mol. The molecular formula is C12H16BrNO3. The number of hydrogen-bond donors (Lipinski definition) is 0. The molecule has 4 nitrogen and oxygen atoms in total. The van der Waals surface area contributed by atoms with Crippen molar-refractivity contribution in [2.45, 2.75) is 20.3 Å². The van der Waals surface area contributed by atoms with Crippen LogP contribution in [-0.4, -0.2) is 16.9 Å². The summed E-state index contributed by atoms with van der Waals surface area (Å²) in [5.41, 5.74) is 0.832. The normalized spacial score (nSPS) is 12.2. The molecule has 0 fully saturated rings. The molecule has 1 rings (SSSR count). The van der Waals surface area contributed by atoms with E-state index in [0.717, 1.165) is 17.3 Å². The van der Waals surface area contributed by atoms with Gasteiger partial charge in [0.05, 0.1) is 11.5 Å². The first kappa shape index (κ1) is 14.0. The van der Waals surface area contributed by atoms with Gasteiger partial charge in [0.2, 0.25) is 0 Å². The van der Waals surface area contributed by atoms with Gasteiger partial charge >= 0.3 is 5.69 Å². The highest BCUT2D eigenvalue weighted by molar-refractivity contribution is 9.09. The SMILES string of the molecule is CCC(CBr)COc1c(C)cccc1[N+](=O)[O-]. The number of benzene rings is 1. The summed E-state index contributed by atoms with van der Waals surface area (Å²) < 4.78 is 5.60. The third-order valence-corrected chi connectivity index (χ3v) is 3.56. The summed E-state index contributed by atoms with van der Waals surface area (Å²) in [7, 11) is 0. The summed E-state index contributed by atoms with van der Waals surface area (Å²) in [5, 5.41) is 11.7. The van der Waals surface area contributed by atoms with E-state index in [-0.39, 0.29) is 5.69 Å². The van der Waals surface area contributed by atoms with Crippen LogP contribution in [0.2, 0.25) is 0 Å². The number of para-hydroxylation sites is 1. The van der Waals surface area contributed by atoms with E-state index in [1.807, 2.05) is 13.0 Å². The third kappa shape index (κ3) is 3.70. The van der Waals surface area contributed by atoms with Gasteiger partial charge in [-0.3, -0.25) is 10.1 Å². The van der Waals surface area contributed by atoms with Crippen LogP contribution in [-0.2, 0) is 0 Å². The van der Waals surface area contributed by atoms with Gasteiger partial charge < -0.3 is 4.74 Å². The fourth-order valence-electron chi connectivity index (χ4n) is 1.44. The zero-order chi connectivity index (χ0) is 12.8. The molecule has 0 heterocycles. The number of aryl methyl sites for hydroxylation is 1. The van der Waals surface area contributed by atoms with Gasteiger partial charge in [-0.25, -0.2) is 0 Å². The summed E-state index contributed by atoms with van der Waals surface area (Å²) in [6.07, 6.45) is 0.977. The predicted molar refractivity (Wildman–Crippen MR) is 70.9 cm³/mol. The minimum absolute atomic E-state index is 0.0365. The van der Waals surface area contributed by atoms with Crippen molar-refractivity contribution in [3.05, 3.63) is 33.9 Å². The molecule has 1 atom stereocenters. The van der Waals surface area contributed by atoms with E-state index in [1.165, 1.54) is 6.07 Å². The molecule has 1 unspecified atom stereocenters. The van der Waals surface area contributed by atoms with Crippen molar-refractivity contribution < 1.29 is 9.66 Å². The van der Waals surface area contributed by atoms with Crippen LogP contribution >= 0.6 is 15.9 Å². The standard InChI is InChI=1S/C12H16BrNO3/c1-3-10(7-13)8-17-12-9(2)5-4-6-11(12)14(15)16/h4-6,10H,3,7-8H2,1-2H3. The van der Waals surface area contributed by atoms with Gasteiger partial charge in [-0.15, -0.1) is 0 Å². The molecule has 0 N–H and O–H groups in total. The van der Waals surface area contributed by atoms with Crippen LogP contribution in [0.4, 0.5) is 5.69 Å². The molecule has 0 bridgehead atoms. The molecule has 0 amide bonds. The molecule has 5 heteroatoms. The van der Waals surface area contributed by atoms with Gasteiger partial charge in [-0.05, 0) is 18.9 Å². The number of nitro benzene ring substituents is 1. The fourth-order valence-corrected chi connectivity index (χ4v) is 2.09. The average Bonchev–Trinajstić information content (AvgIpc) is 2.31. The zero-order valence-electron chi connectivity index (χ0n) is 9.98. The fraction of sp³-hybridized carbons (Fsp3) is 0.500. The van der Waals surface area contributed by atoms with Crippen LogP contribution in [0.15, 0.2) is 18.2 Å². The maximum Gasteiger partial charge on any atom is 0.311 e.